The van der Waals surface area contributed by atoms with Crippen LogP contribution in [0.15, 0.2) is 61.2 Å². The lowest BCUT2D eigenvalue weighted by molar-refractivity contribution is -0.128. The Balaban J connectivity index is 0.000000164. The number of aromatic nitrogens is 4. The number of H-pyrrole nitrogens is 2. The summed E-state index contributed by atoms with van der Waals surface area (Å²) < 4.78 is 13.1. The molecule has 0 atom stereocenters. The molecule has 4 aromatic rings. The Bertz CT molecular complexity index is 2500. The van der Waals surface area contributed by atoms with Gasteiger partial charge in [0.1, 0.15) is 17.6 Å². The number of aromatic amines is 2. The van der Waals surface area contributed by atoms with Gasteiger partial charge in [0.05, 0.1) is 36.6 Å². The summed E-state index contributed by atoms with van der Waals surface area (Å²) in [7, 11) is 0. The highest BCUT2D eigenvalue weighted by Crippen LogP contribution is 2.49. The van der Waals surface area contributed by atoms with E-state index in [-0.39, 0.29) is 77.1 Å². The summed E-state index contributed by atoms with van der Waals surface area (Å²) in [6, 6.07) is 14.9. The van der Waals surface area contributed by atoms with Gasteiger partial charge in [0, 0.05) is 52.6 Å². The molecule has 5 heterocycles. The van der Waals surface area contributed by atoms with Gasteiger partial charge in [-0.3, -0.25) is 28.8 Å². The maximum atomic E-state index is 13.4. The Hall–Kier alpha value is -5.81. The minimum atomic E-state index is -1.02. The van der Waals surface area contributed by atoms with Crippen LogP contribution >= 0.6 is 23.2 Å². The molecule has 3 saturated carbocycles. The van der Waals surface area contributed by atoms with Crippen LogP contribution in [0, 0.1) is 10.8 Å². The van der Waals surface area contributed by atoms with Gasteiger partial charge >= 0.3 is 0 Å². The van der Waals surface area contributed by atoms with Gasteiger partial charge in [-0.15, -0.1) is 0 Å². The fraction of sp³-hybridized carbons (Fsp3) is 0.478. The van der Waals surface area contributed by atoms with Crippen molar-refractivity contribution in [1.29, 1.82) is 0 Å². The van der Waals surface area contributed by atoms with Gasteiger partial charge in [-0.2, -0.15) is 0 Å². The molecule has 5 N–H and O–H groups in total. The van der Waals surface area contributed by atoms with Crippen LogP contribution in [0.5, 0.6) is 0 Å². The van der Waals surface area contributed by atoms with Crippen LogP contribution in [-0.2, 0) is 9.59 Å². The van der Waals surface area contributed by atoms with Crippen molar-refractivity contribution in [2.45, 2.75) is 101 Å². The number of likely N-dealkylation sites (tertiary alicyclic amines) is 1. The molecule has 3 aliphatic heterocycles. The zero-order valence-electron chi connectivity index (χ0n) is 35.7. The Morgan fingerprint density at radius 3 is 1.74 bits per heavy atom. The van der Waals surface area contributed by atoms with Crippen LogP contribution in [0.2, 0.25) is 10.0 Å². The lowest BCUT2D eigenvalue weighted by atomic mass is 9.71. The van der Waals surface area contributed by atoms with Crippen molar-refractivity contribution in [3.63, 3.8) is 0 Å². The quantitative estimate of drug-likeness (QED) is 0.154. The predicted molar refractivity (Wildman–Crippen MR) is 239 cm³/mol. The van der Waals surface area contributed by atoms with Crippen molar-refractivity contribution in [3.8, 4) is 0 Å². The molecular weight excluding hydrogens is 878 g/mol. The smallest absolute Gasteiger partial charge is 0.273 e. The first kappa shape index (κ1) is 44.4. The van der Waals surface area contributed by atoms with Gasteiger partial charge in [0.25, 0.3) is 23.6 Å². The van der Waals surface area contributed by atoms with Gasteiger partial charge in [-0.1, -0.05) is 35.3 Å². The monoisotopic (exact) mass is 928 g/mol. The topological polar surface area (TPSA) is 211 Å². The minimum Gasteiger partial charge on any atom is -0.364 e. The summed E-state index contributed by atoms with van der Waals surface area (Å²) in [5, 5.41) is 4.18. The largest absolute Gasteiger partial charge is 0.364 e. The van der Waals surface area contributed by atoms with Crippen molar-refractivity contribution in [3.05, 3.63) is 94.0 Å². The number of hydrogen-bond acceptors (Lipinski definition) is 8. The second-order valence-corrected chi connectivity index (χ2v) is 19.2. The number of anilines is 2. The number of carbonyl (C=O) groups excluding carboxylic acids is 6. The molecule has 19 heteroatoms. The first-order valence-corrected chi connectivity index (χ1v) is 23.1. The fourth-order valence-electron chi connectivity index (χ4n) is 10.5. The third-order valence-corrected chi connectivity index (χ3v) is 14.8. The van der Waals surface area contributed by atoms with E-state index in [0.717, 1.165) is 62.7 Å². The number of rotatable bonds is 9. The van der Waals surface area contributed by atoms with Crippen molar-refractivity contribution < 1.29 is 33.2 Å². The van der Waals surface area contributed by atoms with Crippen molar-refractivity contribution in [1.82, 2.24) is 35.1 Å². The van der Waals surface area contributed by atoms with Crippen LogP contribution in [0.1, 0.15) is 119 Å². The number of hydrogen-bond donors (Lipinski definition) is 4. The molecule has 342 valence electrons. The van der Waals surface area contributed by atoms with Gasteiger partial charge < -0.3 is 40.6 Å². The maximum Gasteiger partial charge on any atom is 0.273 e. The number of carbonyl (C=O) groups is 6. The molecule has 2 aromatic carbocycles. The maximum absolute atomic E-state index is 13.4. The normalized spacial score (nSPS) is 25.4. The van der Waals surface area contributed by atoms with E-state index in [1.165, 1.54) is 17.6 Å². The average molecular weight is 930 g/mol. The minimum absolute atomic E-state index is 0.0175. The number of nitrogens with two attached hydrogens (primary N) is 1. The molecule has 3 aliphatic carbocycles. The zero-order chi connectivity index (χ0) is 45.6. The van der Waals surface area contributed by atoms with E-state index in [1.54, 1.807) is 18.2 Å². The number of halogens is 3. The molecule has 6 fully saturated rings. The van der Waals surface area contributed by atoms with Crippen molar-refractivity contribution in [2.24, 2.45) is 16.6 Å². The third-order valence-electron chi connectivity index (χ3n) is 14.3. The van der Waals surface area contributed by atoms with E-state index in [9.17, 15) is 33.2 Å². The van der Waals surface area contributed by atoms with Gasteiger partial charge in [-0.25, -0.2) is 14.4 Å². The van der Waals surface area contributed by atoms with Crippen LogP contribution in [-0.4, -0.2) is 116 Å². The Morgan fingerprint density at radius 1 is 0.723 bits per heavy atom. The summed E-state index contributed by atoms with van der Waals surface area (Å²) in [4.78, 5) is 97.3. The highest BCUT2D eigenvalue weighted by Gasteiger charge is 2.52. The number of primary amides is 1. The number of amides is 6. The zero-order valence-corrected chi connectivity index (χ0v) is 37.3. The van der Waals surface area contributed by atoms with Crippen molar-refractivity contribution >= 4 is 70.0 Å². The number of nitrogens with one attached hydrogen (secondary N) is 3. The molecule has 0 radical (unpaired) electrons. The molecule has 16 nitrogen and oxygen atoms in total. The van der Waals surface area contributed by atoms with Gasteiger partial charge in [-0.05, 0) is 113 Å². The molecule has 10 rings (SSSR count). The average Bonchev–Trinajstić information content (AvgIpc) is 3.58. The number of alkyl halides is 1. The van der Waals surface area contributed by atoms with E-state index in [4.69, 9.17) is 28.9 Å². The van der Waals surface area contributed by atoms with Gasteiger partial charge in [0.15, 0.2) is 11.4 Å². The highest BCUT2D eigenvalue weighted by molar-refractivity contribution is 6.31. The molecular formula is C46H51Cl2FN10O6. The van der Waals surface area contributed by atoms with Crippen molar-refractivity contribution in [2.75, 3.05) is 36.0 Å². The second kappa shape index (κ2) is 17.9. The lowest BCUT2D eigenvalue weighted by Crippen LogP contribution is -2.52. The second-order valence-electron chi connectivity index (χ2n) is 18.3. The SMILES string of the molecule is NC(=O)c1nc[nH]c1C(=O)N(C1CC1)C1CCC2(CC1)CCN(c1cccc(Cl)c1)C2=O.O=C(NC1CCC2(CC1)CCN(c1cccc(Cl)c1)C2=O)c1nc[nH]c1C(=O)N1CC(F)C1. The van der Waals surface area contributed by atoms with Crippen LogP contribution in [0.3, 0.4) is 0 Å². The third kappa shape index (κ3) is 8.72. The molecule has 3 saturated heterocycles. The Labute approximate surface area is 384 Å². The Kier molecular flexibility index (Phi) is 12.2. The Morgan fingerprint density at radius 2 is 1.23 bits per heavy atom. The molecule has 0 unspecified atom stereocenters. The summed E-state index contributed by atoms with van der Waals surface area (Å²) in [5.41, 5.74) is 6.51. The summed E-state index contributed by atoms with van der Waals surface area (Å²) in [6.45, 7) is 1.41. The molecule has 2 aromatic heterocycles. The first-order chi connectivity index (χ1) is 31.3. The van der Waals surface area contributed by atoms with Crippen LogP contribution in [0.4, 0.5) is 15.8 Å². The molecule has 6 aliphatic rings. The van der Waals surface area contributed by atoms with E-state index in [1.807, 2.05) is 45.0 Å². The van der Waals surface area contributed by atoms with Crippen LogP contribution in [0.25, 0.3) is 0 Å². The first-order valence-electron chi connectivity index (χ1n) is 22.3. The van der Waals surface area contributed by atoms with E-state index in [0.29, 0.717) is 48.8 Å². The lowest BCUT2D eigenvalue weighted by Gasteiger charge is -2.41. The molecule has 65 heavy (non-hydrogen) atoms. The number of nitrogens with zero attached hydrogens (tertiary/aromatic N) is 6. The number of benzene rings is 2. The number of imidazole rings is 2. The van der Waals surface area contributed by atoms with E-state index in [2.05, 4.69) is 25.3 Å². The summed E-state index contributed by atoms with van der Waals surface area (Å²) in [6.07, 6.45) is 10.8. The predicted octanol–water partition coefficient (Wildman–Crippen LogP) is 6.09. The summed E-state index contributed by atoms with van der Waals surface area (Å²) >= 11 is 12.2. The molecule has 6 amide bonds. The highest BCUT2D eigenvalue weighted by atomic mass is 35.5. The van der Waals surface area contributed by atoms with E-state index < -0.39 is 29.3 Å². The van der Waals surface area contributed by atoms with E-state index >= 15 is 0 Å². The van der Waals surface area contributed by atoms with Crippen LogP contribution < -0.4 is 20.9 Å². The standard InChI is InChI=1S/C23H25ClFN5O3.C23H26ClN5O3/c24-14-2-1-3-17(10-14)30-9-8-23(22(30)33)6-4-16(5-7-23)28-20(31)18-19(27-13-26-18)21(32)29-11-15(25)12-29;24-14-2-1-3-17(12-14)28-11-10-23(22(28)32)8-6-16(7-9-23)29(15-4-5-15)21(31)19-18(20(25)30)26-13-27-19/h1-3,10,13,15-16H,4-9,11-12H2,(H,26,27)(H,28,31);1-3,12-13,15-16H,4-11H2,(H2,25,30)(H,26,27). The molecule has 2 spiro atoms. The molecule has 0 bridgehead atoms. The summed E-state index contributed by atoms with van der Waals surface area (Å²) in [5.74, 6) is -1.52. The fourth-order valence-corrected chi connectivity index (χ4v) is 10.9. The van der Waals surface area contributed by atoms with Gasteiger partial charge in [0.2, 0.25) is 11.8 Å².